The number of nitrogens with one attached hydrogen (secondary N) is 1. The second-order valence-corrected chi connectivity index (χ2v) is 7.01. The number of nitrogen functional groups attached to an aromatic ring is 1. The zero-order valence-corrected chi connectivity index (χ0v) is 12.5. The zero-order chi connectivity index (χ0) is 14.9. The summed E-state index contributed by atoms with van der Waals surface area (Å²) in [6.45, 7) is 4.01. The van der Waals surface area contributed by atoms with Gasteiger partial charge in [0, 0.05) is 12.1 Å². The highest BCUT2D eigenvalue weighted by Gasteiger charge is 2.29. The molecule has 1 aromatic carbocycles. The Balaban J connectivity index is 2.24. The minimum Gasteiger partial charge on any atom is -0.506 e. The number of nitrogens with two attached hydrogens (primary N) is 1. The van der Waals surface area contributed by atoms with Crippen LogP contribution in [0.15, 0.2) is 23.1 Å². The Hall–Kier alpha value is -1.31. The summed E-state index contributed by atoms with van der Waals surface area (Å²) >= 11 is 0. The second kappa shape index (κ2) is 5.59. The summed E-state index contributed by atoms with van der Waals surface area (Å²) in [4.78, 5) is 2.68. The third-order valence-corrected chi connectivity index (χ3v) is 5.05. The molecule has 2 rings (SSSR count). The van der Waals surface area contributed by atoms with Gasteiger partial charge < -0.3 is 10.8 Å². The normalized spacial score (nSPS) is 24.7. The van der Waals surface area contributed by atoms with Crippen LogP contribution in [0.5, 0.6) is 5.75 Å². The van der Waals surface area contributed by atoms with Crippen LogP contribution in [-0.2, 0) is 10.0 Å². The van der Waals surface area contributed by atoms with Crippen molar-refractivity contribution < 1.29 is 13.5 Å². The molecule has 0 spiro atoms. The second-order valence-electron chi connectivity index (χ2n) is 5.35. The average Bonchev–Trinajstić information content (AvgIpc) is 2.37. The number of phenols is 1. The molecule has 0 radical (unpaired) electrons. The minimum atomic E-state index is -3.68. The summed E-state index contributed by atoms with van der Waals surface area (Å²) in [5.74, 6) is -0.122. The van der Waals surface area contributed by atoms with E-state index in [0.29, 0.717) is 0 Å². The maximum absolute atomic E-state index is 12.4. The van der Waals surface area contributed by atoms with E-state index >= 15 is 0 Å². The lowest BCUT2D eigenvalue weighted by Gasteiger charge is -2.38. The van der Waals surface area contributed by atoms with Crippen LogP contribution in [-0.4, -0.2) is 30.6 Å². The van der Waals surface area contributed by atoms with E-state index in [2.05, 4.69) is 4.83 Å². The summed E-state index contributed by atoms with van der Waals surface area (Å²) in [5.41, 5.74) is 5.60. The lowest BCUT2D eigenvalue weighted by molar-refractivity contribution is 0.0790. The fraction of sp³-hybridized carbons (Fsp3) is 0.538. The van der Waals surface area contributed by atoms with E-state index in [9.17, 15) is 13.5 Å². The number of sulfonamides is 1. The standard InChI is InChI=1S/C13H21N3O3S/c1-9-4-3-5-10(2)16(9)15-20(18,19)11-6-7-13(17)12(14)8-11/h6-10,15,17H,3-5,14H2,1-2H3. The fourth-order valence-electron chi connectivity index (χ4n) is 2.49. The molecule has 0 amide bonds. The highest BCUT2D eigenvalue weighted by molar-refractivity contribution is 7.89. The van der Waals surface area contributed by atoms with E-state index < -0.39 is 10.0 Å². The molecule has 6 nitrogen and oxygen atoms in total. The lowest BCUT2D eigenvalue weighted by Crippen LogP contribution is -2.53. The van der Waals surface area contributed by atoms with Gasteiger partial charge in [-0.15, -0.1) is 4.83 Å². The van der Waals surface area contributed by atoms with Crippen LogP contribution in [0.25, 0.3) is 0 Å². The lowest BCUT2D eigenvalue weighted by atomic mass is 10.0. The molecule has 20 heavy (non-hydrogen) atoms. The predicted octanol–water partition coefficient (Wildman–Crippen LogP) is 1.43. The molecule has 1 aromatic rings. The van der Waals surface area contributed by atoms with E-state index in [1.165, 1.54) is 18.2 Å². The Morgan fingerprint density at radius 1 is 1.30 bits per heavy atom. The Labute approximate surface area is 119 Å². The topological polar surface area (TPSA) is 95.7 Å². The van der Waals surface area contributed by atoms with Crippen molar-refractivity contribution in [2.75, 3.05) is 5.73 Å². The quantitative estimate of drug-likeness (QED) is 0.579. The predicted molar refractivity (Wildman–Crippen MR) is 77.5 cm³/mol. The molecule has 1 aliphatic rings. The number of hydrogen-bond acceptors (Lipinski definition) is 5. The molecule has 4 N–H and O–H groups in total. The van der Waals surface area contributed by atoms with E-state index in [1.54, 1.807) is 5.01 Å². The third kappa shape index (κ3) is 3.05. The Kier molecular flexibility index (Phi) is 4.22. The van der Waals surface area contributed by atoms with Crippen LogP contribution in [0.2, 0.25) is 0 Å². The van der Waals surface area contributed by atoms with Crippen molar-refractivity contribution in [2.45, 2.75) is 50.1 Å². The van der Waals surface area contributed by atoms with Crippen LogP contribution in [0.1, 0.15) is 33.1 Å². The maximum Gasteiger partial charge on any atom is 0.253 e. The van der Waals surface area contributed by atoms with Gasteiger partial charge in [0.05, 0.1) is 10.6 Å². The van der Waals surface area contributed by atoms with Gasteiger partial charge in [-0.05, 0) is 44.9 Å². The molecule has 1 saturated heterocycles. The van der Waals surface area contributed by atoms with Crippen molar-refractivity contribution in [1.29, 1.82) is 0 Å². The molecule has 7 heteroatoms. The van der Waals surface area contributed by atoms with Gasteiger partial charge in [0.15, 0.2) is 0 Å². The number of anilines is 1. The molecule has 0 saturated carbocycles. The summed E-state index contributed by atoms with van der Waals surface area (Å²) in [6.07, 6.45) is 3.03. The monoisotopic (exact) mass is 299 g/mol. The number of hydrogen-bond donors (Lipinski definition) is 3. The third-order valence-electron chi connectivity index (χ3n) is 3.73. The zero-order valence-electron chi connectivity index (χ0n) is 11.7. The van der Waals surface area contributed by atoms with Crippen LogP contribution < -0.4 is 10.6 Å². The summed E-state index contributed by atoms with van der Waals surface area (Å²) in [5, 5.41) is 11.1. The molecule has 0 aliphatic carbocycles. The van der Waals surface area contributed by atoms with E-state index in [1.807, 2.05) is 13.8 Å². The molecule has 0 bridgehead atoms. The highest BCUT2D eigenvalue weighted by Crippen LogP contribution is 2.25. The molecule has 1 fully saturated rings. The van der Waals surface area contributed by atoms with E-state index in [-0.39, 0.29) is 28.4 Å². The van der Waals surface area contributed by atoms with Crippen molar-refractivity contribution in [3.63, 3.8) is 0 Å². The van der Waals surface area contributed by atoms with Crippen molar-refractivity contribution in [1.82, 2.24) is 9.84 Å². The van der Waals surface area contributed by atoms with E-state index in [4.69, 9.17) is 5.73 Å². The van der Waals surface area contributed by atoms with Crippen LogP contribution in [0.3, 0.4) is 0 Å². The molecule has 1 aliphatic heterocycles. The number of aromatic hydroxyl groups is 1. The molecular formula is C13H21N3O3S. The Morgan fingerprint density at radius 2 is 1.90 bits per heavy atom. The van der Waals surface area contributed by atoms with Gasteiger partial charge >= 0.3 is 0 Å². The first kappa shape index (κ1) is 15.1. The number of nitrogens with zero attached hydrogens (tertiary/aromatic N) is 1. The molecular weight excluding hydrogens is 278 g/mol. The first-order valence-corrected chi connectivity index (χ1v) is 8.19. The number of piperidine rings is 1. The maximum atomic E-state index is 12.4. The van der Waals surface area contributed by atoms with Crippen LogP contribution in [0.4, 0.5) is 5.69 Å². The van der Waals surface area contributed by atoms with Crippen LogP contribution >= 0.6 is 0 Å². The number of phenolic OH excluding ortho intramolecular Hbond substituents is 1. The van der Waals surface area contributed by atoms with Crippen molar-refractivity contribution in [3.8, 4) is 5.75 Å². The summed E-state index contributed by atoms with van der Waals surface area (Å²) in [7, 11) is -3.68. The number of benzene rings is 1. The Morgan fingerprint density at radius 3 is 2.45 bits per heavy atom. The van der Waals surface area contributed by atoms with Gasteiger partial charge in [0.2, 0.25) is 0 Å². The smallest absolute Gasteiger partial charge is 0.253 e. The van der Waals surface area contributed by atoms with Crippen molar-refractivity contribution >= 4 is 15.7 Å². The molecule has 2 unspecified atom stereocenters. The van der Waals surface area contributed by atoms with Gasteiger partial charge in [-0.2, -0.15) is 0 Å². The summed E-state index contributed by atoms with van der Waals surface area (Å²) in [6, 6.07) is 4.20. The van der Waals surface area contributed by atoms with Crippen molar-refractivity contribution in [2.24, 2.45) is 0 Å². The largest absolute Gasteiger partial charge is 0.506 e. The molecule has 0 aromatic heterocycles. The summed E-state index contributed by atoms with van der Waals surface area (Å²) < 4.78 is 24.7. The molecule has 2 atom stereocenters. The first-order chi connectivity index (χ1) is 9.31. The fourth-order valence-corrected chi connectivity index (χ4v) is 3.76. The minimum absolute atomic E-state index is 0.0487. The highest BCUT2D eigenvalue weighted by atomic mass is 32.2. The van der Waals surface area contributed by atoms with E-state index in [0.717, 1.165) is 19.3 Å². The number of hydrazine groups is 1. The van der Waals surface area contributed by atoms with Gasteiger partial charge in [-0.25, -0.2) is 13.4 Å². The Bertz CT molecular complexity index is 579. The number of rotatable bonds is 3. The van der Waals surface area contributed by atoms with Gasteiger partial charge in [-0.1, -0.05) is 6.42 Å². The SMILES string of the molecule is CC1CCCC(C)N1NS(=O)(=O)c1ccc(O)c(N)c1. The van der Waals surface area contributed by atoms with Gasteiger partial charge in [0.1, 0.15) is 5.75 Å². The van der Waals surface area contributed by atoms with Crippen molar-refractivity contribution in [3.05, 3.63) is 18.2 Å². The molecule has 112 valence electrons. The molecule has 1 heterocycles. The van der Waals surface area contributed by atoms with Gasteiger partial charge in [-0.3, -0.25) is 0 Å². The van der Waals surface area contributed by atoms with Crippen LogP contribution in [0, 0.1) is 0 Å². The average molecular weight is 299 g/mol. The first-order valence-electron chi connectivity index (χ1n) is 6.70. The van der Waals surface area contributed by atoms with Gasteiger partial charge in [0.25, 0.3) is 10.0 Å².